The number of fused-ring (bicyclic) bond motifs is 12. The molecule has 4 aliphatic carbocycles. The number of aryl methyl sites for hydroxylation is 1. The lowest BCUT2D eigenvalue weighted by molar-refractivity contribution is -0.123. The molecule has 0 radical (unpaired) electrons. The summed E-state index contributed by atoms with van der Waals surface area (Å²) in [5, 5.41) is 0. The first-order valence-electron chi connectivity index (χ1n) is 10.3. The molecule has 1 aromatic rings. The lowest BCUT2D eigenvalue weighted by Crippen LogP contribution is -2.38. The second-order valence-electron chi connectivity index (χ2n) is 9.22. The Morgan fingerprint density at radius 3 is 1.96 bits per heavy atom. The maximum absolute atomic E-state index is 13.5. The quantitative estimate of drug-likeness (QED) is 0.460. The second kappa shape index (κ2) is 5.40. The van der Waals surface area contributed by atoms with Crippen LogP contribution in [0.25, 0.3) is 0 Å². The molecule has 8 unspecified atom stereocenters. The Labute approximate surface area is 164 Å². The molecule has 6 rings (SSSR count). The molecule has 8 atom stereocenters. The largest absolute Gasteiger partial charge is 0.496 e. The molecule has 5 aliphatic rings. The smallest absolute Gasteiger partial charge is 0.238 e. The number of anilines is 1. The van der Waals surface area contributed by atoms with Gasteiger partial charge in [0.15, 0.2) is 0 Å². The van der Waals surface area contributed by atoms with Crippen molar-refractivity contribution in [3.05, 3.63) is 29.8 Å². The molecule has 2 amide bonds. The fraction of sp³-hybridized carbons (Fsp3) is 0.565. The molecule has 0 aromatic heterocycles. The van der Waals surface area contributed by atoms with Crippen LogP contribution in [0.15, 0.2) is 24.3 Å². The molecule has 1 heterocycles. The van der Waals surface area contributed by atoms with E-state index < -0.39 is 0 Å². The molecule has 0 N–H and O–H groups in total. The van der Waals surface area contributed by atoms with E-state index in [-0.39, 0.29) is 23.7 Å². The van der Waals surface area contributed by atoms with E-state index in [1.165, 1.54) is 11.3 Å². The van der Waals surface area contributed by atoms with E-state index in [1.807, 2.05) is 13.0 Å². The highest BCUT2D eigenvalue weighted by atomic mass is 16.5. The van der Waals surface area contributed by atoms with Crippen LogP contribution < -0.4 is 14.4 Å². The number of allylic oxidation sites excluding steroid dienone is 2. The third kappa shape index (κ3) is 1.79. The maximum atomic E-state index is 13.5. The van der Waals surface area contributed by atoms with Gasteiger partial charge < -0.3 is 9.47 Å². The van der Waals surface area contributed by atoms with Gasteiger partial charge in [0.25, 0.3) is 0 Å². The summed E-state index contributed by atoms with van der Waals surface area (Å²) in [6.07, 6.45) is 7.03. The normalized spacial score (nSPS) is 41.8. The summed E-state index contributed by atoms with van der Waals surface area (Å²) in [5.41, 5.74) is 1.44. The SMILES string of the molecule is COc1cc(N2C(=O)C3C4CC(C3C2=O)C2C3C=CC(C3)C42)c(OC)cc1C. The van der Waals surface area contributed by atoms with E-state index in [0.717, 1.165) is 12.0 Å². The van der Waals surface area contributed by atoms with Gasteiger partial charge in [0.1, 0.15) is 11.5 Å². The monoisotopic (exact) mass is 379 g/mol. The number of hydrogen-bond donors (Lipinski definition) is 0. The third-order valence-electron chi connectivity index (χ3n) is 8.37. The number of hydrogen-bond acceptors (Lipinski definition) is 4. The van der Waals surface area contributed by atoms with Crippen LogP contribution in [0.3, 0.4) is 0 Å². The molecule has 4 bridgehead atoms. The fourth-order valence-electron chi connectivity index (χ4n) is 7.56. The Hall–Kier alpha value is -2.30. The number of benzene rings is 1. The standard InChI is InChI=1S/C23H25NO4/c1-10-6-17(28-3)15(9-16(10)27-2)24-22(25)20-13-8-14(21(20)23(24)26)19-12-5-4-11(7-12)18(13)19/h4-6,9,11-14,18-21H,7-8H2,1-3H3. The zero-order valence-corrected chi connectivity index (χ0v) is 16.4. The molecule has 0 spiro atoms. The van der Waals surface area contributed by atoms with Gasteiger partial charge in [-0.3, -0.25) is 9.59 Å². The number of ether oxygens (including phenoxy) is 2. The van der Waals surface area contributed by atoms with Crippen molar-refractivity contribution in [2.75, 3.05) is 19.1 Å². The van der Waals surface area contributed by atoms with Gasteiger partial charge in [0, 0.05) is 6.07 Å². The van der Waals surface area contributed by atoms with E-state index in [0.29, 0.717) is 52.7 Å². The molecule has 4 fully saturated rings. The number of carbonyl (C=O) groups is 2. The van der Waals surface area contributed by atoms with E-state index >= 15 is 0 Å². The first-order chi connectivity index (χ1) is 13.5. The number of methoxy groups -OCH3 is 2. The van der Waals surface area contributed by atoms with Gasteiger partial charge in [-0.05, 0) is 66.9 Å². The summed E-state index contributed by atoms with van der Waals surface area (Å²) in [6, 6.07) is 3.62. The van der Waals surface area contributed by atoms with Crippen LogP contribution in [-0.4, -0.2) is 26.0 Å². The van der Waals surface area contributed by atoms with Crippen molar-refractivity contribution in [2.24, 2.45) is 47.3 Å². The maximum Gasteiger partial charge on any atom is 0.238 e. The van der Waals surface area contributed by atoms with E-state index in [4.69, 9.17) is 9.47 Å². The molecule has 3 saturated carbocycles. The van der Waals surface area contributed by atoms with Crippen LogP contribution >= 0.6 is 0 Å². The number of amides is 2. The topological polar surface area (TPSA) is 55.8 Å². The van der Waals surface area contributed by atoms with Gasteiger partial charge >= 0.3 is 0 Å². The molecule has 1 aliphatic heterocycles. The van der Waals surface area contributed by atoms with Crippen LogP contribution in [0.1, 0.15) is 18.4 Å². The molecule has 5 heteroatoms. The zero-order valence-electron chi connectivity index (χ0n) is 16.4. The van der Waals surface area contributed by atoms with Gasteiger partial charge in [-0.2, -0.15) is 0 Å². The van der Waals surface area contributed by atoms with Gasteiger partial charge in [-0.1, -0.05) is 12.2 Å². The summed E-state index contributed by atoms with van der Waals surface area (Å²) in [6.45, 7) is 1.93. The van der Waals surface area contributed by atoms with Crippen molar-refractivity contribution < 1.29 is 19.1 Å². The van der Waals surface area contributed by atoms with Crippen molar-refractivity contribution in [3.63, 3.8) is 0 Å². The van der Waals surface area contributed by atoms with Crippen molar-refractivity contribution in [2.45, 2.75) is 19.8 Å². The van der Waals surface area contributed by atoms with Crippen LogP contribution in [-0.2, 0) is 9.59 Å². The number of imide groups is 1. The minimum Gasteiger partial charge on any atom is -0.496 e. The van der Waals surface area contributed by atoms with E-state index in [9.17, 15) is 9.59 Å². The molecular formula is C23H25NO4. The Morgan fingerprint density at radius 2 is 1.43 bits per heavy atom. The van der Waals surface area contributed by atoms with Crippen molar-refractivity contribution in [1.82, 2.24) is 0 Å². The fourth-order valence-corrected chi connectivity index (χ4v) is 7.56. The van der Waals surface area contributed by atoms with Gasteiger partial charge in [-0.25, -0.2) is 4.90 Å². The number of carbonyl (C=O) groups excluding carboxylic acids is 2. The van der Waals surface area contributed by atoms with E-state index in [1.54, 1.807) is 20.3 Å². The first kappa shape index (κ1) is 16.6. The van der Waals surface area contributed by atoms with Gasteiger partial charge in [0.05, 0.1) is 31.7 Å². The summed E-state index contributed by atoms with van der Waals surface area (Å²) in [7, 11) is 3.18. The molecule has 1 saturated heterocycles. The molecule has 1 aromatic carbocycles. The molecule has 28 heavy (non-hydrogen) atoms. The summed E-state index contributed by atoms with van der Waals surface area (Å²) >= 11 is 0. The van der Waals surface area contributed by atoms with Crippen LogP contribution in [0, 0.1) is 54.3 Å². The van der Waals surface area contributed by atoms with Gasteiger partial charge in [-0.15, -0.1) is 0 Å². The minimum atomic E-state index is -0.150. The van der Waals surface area contributed by atoms with Crippen molar-refractivity contribution in [3.8, 4) is 11.5 Å². The zero-order chi connectivity index (χ0) is 19.3. The third-order valence-corrected chi connectivity index (χ3v) is 8.37. The number of rotatable bonds is 3. The lowest BCUT2D eigenvalue weighted by Gasteiger charge is -2.36. The summed E-state index contributed by atoms with van der Waals surface area (Å²) in [5.74, 6) is 4.03. The highest BCUT2D eigenvalue weighted by Gasteiger charge is 2.71. The van der Waals surface area contributed by atoms with Crippen molar-refractivity contribution >= 4 is 17.5 Å². The van der Waals surface area contributed by atoms with Crippen molar-refractivity contribution in [1.29, 1.82) is 0 Å². The molecule has 146 valence electrons. The second-order valence-corrected chi connectivity index (χ2v) is 9.22. The Balaban J connectivity index is 1.42. The number of nitrogens with zero attached hydrogens (tertiary/aromatic N) is 1. The Morgan fingerprint density at radius 1 is 0.857 bits per heavy atom. The predicted octanol–water partition coefficient (Wildman–Crippen LogP) is 3.21. The average Bonchev–Trinajstić information content (AvgIpc) is 3.47. The Bertz CT molecular complexity index is 895. The van der Waals surface area contributed by atoms with Crippen LogP contribution in [0.4, 0.5) is 5.69 Å². The highest BCUT2D eigenvalue weighted by molar-refractivity contribution is 6.23. The summed E-state index contributed by atoms with van der Waals surface area (Å²) in [4.78, 5) is 28.5. The average molecular weight is 379 g/mol. The molecular weight excluding hydrogens is 354 g/mol. The van der Waals surface area contributed by atoms with Gasteiger partial charge in [0.2, 0.25) is 11.8 Å². The minimum absolute atomic E-state index is 0.0306. The Kier molecular flexibility index (Phi) is 3.21. The highest BCUT2D eigenvalue weighted by Crippen LogP contribution is 2.70. The summed E-state index contributed by atoms with van der Waals surface area (Å²) < 4.78 is 11.0. The van der Waals surface area contributed by atoms with E-state index in [2.05, 4.69) is 12.2 Å². The lowest BCUT2D eigenvalue weighted by atomic mass is 9.65. The predicted molar refractivity (Wildman–Crippen MR) is 103 cm³/mol. The van der Waals surface area contributed by atoms with Crippen LogP contribution in [0.5, 0.6) is 11.5 Å². The first-order valence-corrected chi connectivity index (χ1v) is 10.3. The van der Waals surface area contributed by atoms with Crippen LogP contribution in [0.2, 0.25) is 0 Å². The molecule has 5 nitrogen and oxygen atoms in total.